The van der Waals surface area contributed by atoms with Crippen molar-refractivity contribution in [3.05, 3.63) is 53.2 Å². The lowest BCUT2D eigenvalue weighted by Crippen LogP contribution is -2.27. The third kappa shape index (κ3) is 2.82. The highest BCUT2D eigenvalue weighted by Gasteiger charge is 2.31. The third-order valence-electron chi connectivity index (χ3n) is 3.81. The normalized spacial score (nSPS) is 13.7. The summed E-state index contributed by atoms with van der Waals surface area (Å²) in [6.45, 7) is 2.69. The van der Waals surface area contributed by atoms with Gasteiger partial charge >= 0.3 is 0 Å². The summed E-state index contributed by atoms with van der Waals surface area (Å²) >= 11 is 0. The monoisotopic (exact) mass is 278 g/mol. The second-order valence-electron chi connectivity index (χ2n) is 5.54. The van der Waals surface area contributed by atoms with Gasteiger partial charge in [0.25, 0.3) is 0 Å². The zero-order valence-electron chi connectivity index (χ0n) is 12.1. The first-order valence-corrected chi connectivity index (χ1v) is 7.16. The SMILES string of the molecule is Cc1ccnc(N(Cc2cccc(N)c2)C2CC2)c1C#N. The number of nitriles is 1. The predicted molar refractivity (Wildman–Crippen MR) is 83.7 cm³/mol. The molecule has 0 radical (unpaired) electrons. The number of nitrogens with zero attached hydrogens (tertiary/aromatic N) is 3. The molecule has 2 aromatic rings. The van der Waals surface area contributed by atoms with Crippen molar-refractivity contribution in [3.8, 4) is 6.07 Å². The van der Waals surface area contributed by atoms with Crippen molar-refractivity contribution >= 4 is 11.5 Å². The van der Waals surface area contributed by atoms with Crippen LogP contribution in [0.3, 0.4) is 0 Å². The topological polar surface area (TPSA) is 65.9 Å². The van der Waals surface area contributed by atoms with Crippen molar-refractivity contribution in [2.75, 3.05) is 10.6 Å². The molecule has 0 bridgehead atoms. The van der Waals surface area contributed by atoms with Crippen LogP contribution in [0.1, 0.15) is 29.5 Å². The van der Waals surface area contributed by atoms with Crippen LogP contribution < -0.4 is 10.6 Å². The smallest absolute Gasteiger partial charge is 0.147 e. The molecule has 21 heavy (non-hydrogen) atoms. The van der Waals surface area contributed by atoms with E-state index in [0.717, 1.165) is 42.0 Å². The minimum atomic E-state index is 0.479. The number of hydrogen-bond acceptors (Lipinski definition) is 4. The fourth-order valence-corrected chi connectivity index (χ4v) is 2.55. The zero-order chi connectivity index (χ0) is 14.8. The van der Waals surface area contributed by atoms with Gasteiger partial charge in [-0.3, -0.25) is 0 Å². The number of nitrogens with two attached hydrogens (primary N) is 1. The summed E-state index contributed by atoms with van der Waals surface area (Å²) in [6, 6.07) is 12.6. The standard InChI is InChI=1S/C17H18N4/c1-12-7-8-20-17(16(12)10-18)21(15-5-6-15)11-13-3-2-4-14(19)9-13/h2-4,7-9,15H,5-6,11,19H2,1H3. The maximum atomic E-state index is 9.42. The highest BCUT2D eigenvalue weighted by atomic mass is 15.2. The molecule has 1 aromatic heterocycles. The number of anilines is 2. The number of nitrogen functional groups attached to an aromatic ring is 1. The Kier molecular flexibility index (Phi) is 3.49. The van der Waals surface area contributed by atoms with E-state index in [9.17, 15) is 5.26 Å². The van der Waals surface area contributed by atoms with Gasteiger partial charge in [0.1, 0.15) is 11.9 Å². The molecule has 106 valence electrons. The first-order chi connectivity index (χ1) is 10.2. The number of aryl methyl sites for hydroxylation is 1. The van der Waals surface area contributed by atoms with Gasteiger partial charge in [-0.25, -0.2) is 4.98 Å². The quantitative estimate of drug-likeness (QED) is 0.873. The zero-order valence-corrected chi connectivity index (χ0v) is 12.1. The summed E-state index contributed by atoms with van der Waals surface area (Å²) in [4.78, 5) is 6.70. The van der Waals surface area contributed by atoms with Gasteiger partial charge in [-0.2, -0.15) is 5.26 Å². The minimum Gasteiger partial charge on any atom is -0.399 e. The lowest BCUT2D eigenvalue weighted by Gasteiger charge is -2.25. The van der Waals surface area contributed by atoms with Crippen LogP contribution in [0.2, 0.25) is 0 Å². The van der Waals surface area contributed by atoms with E-state index in [-0.39, 0.29) is 0 Å². The van der Waals surface area contributed by atoms with Gasteiger partial charge in [-0.05, 0) is 49.1 Å². The summed E-state index contributed by atoms with van der Waals surface area (Å²) in [6.07, 6.45) is 4.09. The molecule has 0 aliphatic heterocycles. The molecule has 1 aliphatic rings. The Morgan fingerprint density at radius 1 is 1.38 bits per heavy atom. The molecular formula is C17H18N4. The maximum absolute atomic E-state index is 9.42. The molecule has 1 aliphatic carbocycles. The molecule has 2 N–H and O–H groups in total. The van der Waals surface area contributed by atoms with Crippen LogP contribution >= 0.6 is 0 Å². The van der Waals surface area contributed by atoms with E-state index in [0.29, 0.717) is 11.6 Å². The Labute approximate surface area is 124 Å². The average Bonchev–Trinajstić information content (AvgIpc) is 3.29. The molecule has 0 unspecified atom stereocenters. The minimum absolute atomic E-state index is 0.479. The van der Waals surface area contributed by atoms with E-state index in [1.54, 1.807) is 6.20 Å². The Hall–Kier alpha value is -2.54. The van der Waals surface area contributed by atoms with E-state index in [1.165, 1.54) is 0 Å². The molecule has 1 fully saturated rings. The maximum Gasteiger partial charge on any atom is 0.147 e. The van der Waals surface area contributed by atoms with Gasteiger partial charge < -0.3 is 10.6 Å². The van der Waals surface area contributed by atoms with Gasteiger partial charge in [-0.15, -0.1) is 0 Å². The third-order valence-corrected chi connectivity index (χ3v) is 3.81. The second-order valence-corrected chi connectivity index (χ2v) is 5.54. The molecule has 0 spiro atoms. The highest BCUT2D eigenvalue weighted by Crippen LogP contribution is 2.34. The Morgan fingerprint density at radius 3 is 2.86 bits per heavy atom. The molecule has 1 saturated carbocycles. The predicted octanol–water partition coefficient (Wildman–Crippen LogP) is 3.01. The number of benzene rings is 1. The second kappa shape index (κ2) is 5.45. The van der Waals surface area contributed by atoms with E-state index >= 15 is 0 Å². The van der Waals surface area contributed by atoms with Crippen LogP contribution in [0, 0.1) is 18.3 Å². The van der Waals surface area contributed by atoms with Crippen LogP contribution in [0.15, 0.2) is 36.5 Å². The van der Waals surface area contributed by atoms with E-state index in [1.807, 2.05) is 31.2 Å². The van der Waals surface area contributed by atoms with E-state index < -0.39 is 0 Å². The molecule has 3 rings (SSSR count). The molecule has 0 saturated heterocycles. The highest BCUT2D eigenvalue weighted by molar-refractivity contribution is 5.59. The van der Waals surface area contributed by atoms with Gasteiger partial charge in [-0.1, -0.05) is 12.1 Å². The fourth-order valence-electron chi connectivity index (χ4n) is 2.55. The van der Waals surface area contributed by atoms with Crippen molar-refractivity contribution in [3.63, 3.8) is 0 Å². The van der Waals surface area contributed by atoms with Gasteiger partial charge in [0.2, 0.25) is 0 Å². The largest absolute Gasteiger partial charge is 0.399 e. The summed E-state index contributed by atoms with van der Waals surface area (Å²) < 4.78 is 0. The van der Waals surface area contributed by atoms with Crippen LogP contribution in [-0.2, 0) is 6.54 Å². The average molecular weight is 278 g/mol. The number of hydrogen-bond donors (Lipinski definition) is 1. The summed E-state index contributed by atoms with van der Waals surface area (Å²) in [5.41, 5.74) is 9.42. The summed E-state index contributed by atoms with van der Waals surface area (Å²) in [5, 5.41) is 9.42. The van der Waals surface area contributed by atoms with Crippen LogP contribution in [-0.4, -0.2) is 11.0 Å². The lowest BCUT2D eigenvalue weighted by molar-refractivity contribution is 0.776. The van der Waals surface area contributed by atoms with Crippen molar-refractivity contribution in [2.45, 2.75) is 32.4 Å². The Bertz CT molecular complexity index is 698. The number of pyridine rings is 1. The van der Waals surface area contributed by atoms with Gasteiger partial charge in [0.05, 0.1) is 5.56 Å². The molecule has 4 nitrogen and oxygen atoms in total. The first kappa shape index (κ1) is 13.4. The van der Waals surface area contributed by atoms with E-state index in [2.05, 4.69) is 22.0 Å². The van der Waals surface area contributed by atoms with Gasteiger partial charge in [0, 0.05) is 24.5 Å². The molecule has 0 atom stereocenters. The molecule has 1 aromatic carbocycles. The molecule has 4 heteroatoms. The van der Waals surface area contributed by atoms with Crippen molar-refractivity contribution in [1.29, 1.82) is 5.26 Å². The number of rotatable bonds is 4. The molecule has 1 heterocycles. The van der Waals surface area contributed by atoms with Crippen LogP contribution in [0.4, 0.5) is 11.5 Å². The summed E-state index contributed by atoms with van der Waals surface area (Å²) in [5.74, 6) is 0.794. The summed E-state index contributed by atoms with van der Waals surface area (Å²) in [7, 11) is 0. The van der Waals surface area contributed by atoms with E-state index in [4.69, 9.17) is 5.73 Å². The van der Waals surface area contributed by atoms with Crippen LogP contribution in [0.25, 0.3) is 0 Å². The Morgan fingerprint density at radius 2 is 2.19 bits per heavy atom. The van der Waals surface area contributed by atoms with Crippen molar-refractivity contribution in [2.24, 2.45) is 0 Å². The van der Waals surface area contributed by atoms with Crippen molar-refractivity contribution in [1.82, 2.24) is 4.98 Å². The van der Waals surface area contributed by atoms with Gasteiger partial charge in [0.15, 0.2) is 0 Å². The van der Waals surface area contributed by atoms with Crippen molar-refractivity contribution < 1.29 is 0 Å². The lowest BCUT2D eigenvalue weighted by atomic mass is 10.1. The van der Waals surface area contributed by atoms with Crippen LogP contribution in [0.5, 0.6) is 0 Å². The molecule has 0 amide bonds. The number of aromatic nitrogens is 1. The Balaban J connectivity index is 1.96. The first-order valence-electron chi connectivity index (χ1n) is 7.16. The molecular weight excluding hydrogens is 260 g/mol. The fraction of sp³-hybridized carbons (Fsp3) is 0.294.